The Hall–Kier alpha value is -3.08. The molecule has 0 spiro atoms. The number of rotatable bonds is 5. The van der Waals surface area contributed by atoms with Gasteiger partial charge in [0, 0.05) is 22.9 Å². The Kier molecular flexibility index (Phi) is 5.60. The van der Waals surface area contributed by atoms with Gasteiger partial charge in [-0.05, 0) is 54.8 Å². The fraction of sp³-hybridized carbons (Fsp3) is 0.273. The summed E-state index contributed by atoms with van der Waals surface area (Å²) in [5.74, 6) is 1.58. The van der Waals surface area contributed by atoms with Gasteiger partial charge in [0.15, 0.2) is 11.5 Å². The van der Waals surface area contributed by atoms with Gasteiger partial charge < -0.3 is 15.2 Å². The molecule has 0 aromatic heterocycles. The maximum atomic E-state index is 5.76. The van der Waals surface area contributed by atoms with Crippen molar-refractivity contribution in [3.63, 3.8) is 0 Å². The SMILES string of the molecule is CCC1C(C)=NN=C(C=Cc2ccc(N)cc2)c2cc(OC)c(OC)cc21. The molecule has 0 radical (unpaired) electrons. The number of hydrogen-bond acceptors (Lipinski definition) is 5. The lowest BCUT2D eigenvalue weighted by Gasteiger charge is -2.19. The Morgan fingerprint density at radius 2 is 1.67 bits per heavy atom. The van der Waals surface area contributed by atoms with Crippen LogP contribution < -0.4 is 15.2 Å². The minimum absolute atomic E-state index is 0.186. The maximum Gasteiger partial charge on any atom is 0.161 e. The molecule has 27 heavy (non-hydrogen) atoms. The van der Waals surface area contributed by atoms with E-state index >= 15 is 0 Å². The summed E-state index contributed by atoms with van der Waals surface area (Å²) in [6, 6.07) is 11.7. The molecule has 0 aliphatic carbocycles. The summed E-state index contributed by atoms with van der Waals surface area (Å²) in [4.78, 5) is 0. The molecule has 0 fully saturated rings. The number of fused-ring (bicyclic) bond motifs is 1. The summed E-state index contributed by atoms with van der Waals surface area (Å²) in [5, 5.41) is 8.97. The molecule has 5 nitrogen and oxygen atoms in total. The van der Waals surface area contributed by atoms with Crippen LogP contribution in [0.4, 0.5) is 5.69 Å². The molecular weight excluding hydrogens is 338 g/mol. The van der Waals surface area contributed by atoms with Crippen LogP contribution in [0.25, 0.3) is 6.08 Å². The number of nitrogen functional groups attached to an aromatic ring is 1. The van der Waals surface area contributed by atoms with Crippen LogP contribution in [0.15, 0.2) is 52.7 Å². The highest BCUT2D eigenvalue weighted by atomic mass is 16.5. The number of methoxy groups -OCH3 is 2. The van der Waals surface area contributed by atoms with Gasteiger partial charge in [-0.2, -0.15) is 10.2 Å². The Morgan fingerprint density at radius 3 is 2.30 bits per heavy atom. The van der Waals surface area contributed by atoms with E-state index in [9.17, 15) is 0 Å². The second-order valence-corrected chi connectivity index (χ2v) is 6.48. The first kappa shape index (κ1) is 18.7. The largest absolute Gasteiger partial charge is 0.493 e. The summed E-state index contributed by atoms with van der Waals surface area (Å²) in [6.45, 7) is 4.17. The Morgan fingerprint density at radius 1 is 1.00 bits per heavy atom. The van der Waals surface area contributed by atoms with Gasteiger partial charge in [-0.25, -0.2) is 0 Å². The Labute approximate surface area is 160 Å². The van der Waals surface area contributed by atoms with Crippen molar-refractivity contribution >= 4 is 23.2 Å². The zero-order valence-corrected chi connectivity index (χ0v) is 16.2. The van der Waals surface area contributed by atoms with E-state index in [1.165, 1.54) is 0 Å². The average Bonchev–Trinajstić information content (AvgIpc) is 2.82. The summed E-state index contributed by atoms with van der Waals surface area (Å²) >= 11 is 0. The number of allylic oxidation sites excluding steroid dienone is 1. The standard InChI is InChI=1S/C22H25N3O2/c1-5-17-14(2)24-25-20(11-8-15-6-9-16(23)10-7-15)19-13-22(27-4)21(26-3)12-18(17)19/h6-13,17H,5,23H2,1-4H3. The van der Waals surface area contributed by atoms with Gasteiger partial charge in [-0.1, -0.05) is 25.1 Å². The minimum Gasteiger partial charge on any atom is -0.493 e. The number of anilines is 1. The van der Waals surface area contributed by atoms with Gasteiger partial charge in [0.05, 0.1) is 19.9 Å². The first-order valence-corrected chi connectivity index (χ1v) is 8.99. The van der Waals surface area contributed by atoms with E-state index in [0.29, 0.717) is 11.5 Å². The van der Waals surface area contributed by atoms with Crippen molar-refractivity contribution in [3.8, 4) is 11.5 Å². The van der Waals surface area contributed by atoms with Crippen LogP contribution in [0.5, 0.6) is 11.5 Å². The van der Waals surface area contributed by atoms with E-state index in [4.69, 9.17) is 15.2 Å². The molecule has 0 saturated heterocycles. The molecular formula is C22H25N3O2. The first-order valence-electron chi connectivity index (χ1n) is 8.99. The highest BCUT2D eigenvalue weighted by molar-refractivity contribution is 6.14. The third kappa shape index (κ3) is 3.87. The summed E-state index contributed by atoms with van der Waals surface area (Å²) in [7, 11) is 3.29. The van der Waals surface area contributed by atoms with Crippen molar-refractivity contribution in [1.29, 1.82) is 0 Å². The molecule has 5 heteroatoms. The topological polar surface area (TPSA) is 69.2 Å². The van der Waals surface area contributed by atoms with Crippen LogP contribution in [-0.4, -0.2) is 25.6 Å². The zero-order chi connectivity index (χ0) is 19.4. The molecule has 140 valence electrons. The summed E-state index contributed by atoms with van der Waals surface area (Å²) < 4.78 is 11.0. The average molecular weight is 363 g/mol. The minimum atomic E-state index is 0.186. The fourth-order valence-electron chi connectivity index (χ4n) is 3.31. The van der Waals surface area contributed by atoms with Crippen LogP contribution in [-0.2, 0) is 0 Å². The summed E-state index contributed by atoms with van der Waals surface area (Å²) in [5.41, 5.74) is 11.5. The van der Waals surface area contributed by atoms with Gasteiger partial charge in [0.2, 0.25) is 0 Å². The van der Waals surface area contributed by atoms with Crippen molar-refractivity contribution in [2.24, 2.45) is 10.2 Å². The van der Waals surface area contributed by atoms with E-state index in [0.717, 1.165) is 40.2 Å². The zero-order valence-electron chi connectivity index (χ0n) is 16.2. The molecule has 2 aromatic rings. The summed E-state index contributed by atoms with van der Waals surface area (Å²) in [6.07, 6.45) is 4.92. The molecule has 1 unspecified atom stereocenters. The Balaban J connectivity index is 2.10. The van der Waals surface area contributed by atoms with E-state index in [2.05, 4.69) is 17.1 Å². The second-order valence-electron chi connectivity index (χ2n) is 6.48. The molecule has 0 saturated carbocycles. The molecule has 2 aromatic carbocycles. The monoisotopic (exact) mass is 363 g/mol. The molecule has 0 bridgehead atoms. The first-order chi connectivity index (χ1) is 13.1. The number of hydrogen-bond donors (Lipinski definition) is 1. The van der Waals surface area contributed by atoms with Crippen LogP contribution in [0, 0.1) is 0 Å². The van der Waals surface area contributed by atoms with Crippen molar-refractivity contribution < 1.29 is 9.47 Å². The van der Waals surface area contributed by atoms with Crippen molar-refractivity contribution in [1.82, 2.24) is 0 Å². The van der Waals surface area contributed by atoms with Crippen LogP contribution in [0.2, 0.25) is 0 Å². The Bertz CT molecular complexity index is 912. The van der Waals surface area contributed by atoms with Crippen molar-refractivity contribution in [2.75, 3.05) is 20.0 Å². The number of ether oxygens (including phenoxy) is 2. The maximum absolute atomic E-state index is 5.76. The predicted octanol–water partition coefficient (Wildman–Crippen LogP) is 4.67. The number of nitrogens with zero attached hydrogens (tertiary/aromatic N) is 2. The van der Waals surface area contributed by atoms with E-state index < -0.39 is 0 Å². The molecule has 3 rings (SSSR count). The third-order valence-corrected chi connectivity index (χ3v) is 4.81. The van der Waals surface area contributed by atoms with Gasteiger partial charge in [-0.15, -0.1) is 0 Å². The van der Waals surface area contributed by atoms with E-state index in [1.54, 1.807) is 14.2 Å². The van der Waals surface area contributed by atoms with Crippen LogP contribution in [0.1, 0.15) is 42.9 Å². The molecule has 1 aliphatic heterocycles. The van der Waals surface area contributed by atoms with Gasteiger partial charge in [-0.3, -0.25) is 0 Å². The highest BCUT2D eigenvalue weighted by Gasteiger charge is 2.24. The predicted molar refractivity (Wildman–Crippen MR) is 112 cm³/mol. The second kappa shape index (κ2) is 8.08. The van der Waals surface area contributed by atoms with Crippen molar-refractivity contribution in [3.05, 3.63) is 59.2 Å². The lowest BCUT2D eigenvalue weighted by molar-refractivity contribution is 0.354. The van der Waals surface area contributed by atoms with Crippen molar-refractivity contribution in [2.45, 2.75) is 26.2 Å². The molecule has 1 aliphatic rings. The molecule has 2 N–H and O–H groups in total. The van der Waals surface area contributed by atoms with Crippen LogP contribution >= 0.6 is 0 Å². The van der Waals surface area contributed by atoms with Crippen LogP contribution in [0.3, 0.4) is 0 Å². The van der Waals surface area contributed by atoms with Gasteiger partial charge in [0.25, 0.3) is 0 Å². The van der Waals surface area contributed by atoms with E-state index in [1.807, 2.05) is 55.5 Å². The van der Waals surface area contributed by atoms with Gasteiger partial charge >= 0.3 is 0 Å². The molecule has 1 atom stereocenters. The third-order valence-electron chi connectivity index (χ3n) is 4.81. The lowest BCUT2D eigenvalue weighted by atomic mass is 9.87. The highest BCUT2D eigenvalue weighted by Crippen LogP contribution is 2.37. The molecule has 0 amide bonds. The van der Waals surface area contributed by atoms with Gasteiger partial charge in [0.1, 0.15) is 0 Å². The number of benzene rings is 2. The fourth-order valence-corrected chi connectivity index (χ4v) is 3.31. The lowest BCUT2D eigenvalue weighted by Crippen LogP contribution is -2.11. The van der Waals surface area contributed by atoms with E-state index in [-0.39, 0.29) is 5.92 Å². The normalized spacial score (nSPS) is 16.4. The quantitative estimate of drug-likeness (QED) is 0.785. The smallest absolute Gasteiger partial charge is 0.161 e. The molecule has 1 heterocycles. The number of nitrogens with two attached hydrogens (primary N) is 1.